The molecule has 1 rings (SSSR count). The fraction of sp³-hybridized carbons (Fsp3) is 0.200. The van der Waals surface area contributed by atoms with Crippen LogP contribution in [-0.2, 0) is 20.4 Å². The number of rotatable bonds is 0. The van der Waals surface area contributed by atoms with Gasteiger partial charge < -0.3 is 9.99 Å². The molecule has 3 heteroatoms. The van der Waals surface area contributed by atoms with Crippen molar-refractivity contribution in [1.29, 1.82) is 0 Å². The third-order valence-corrected chi connectivity index (χ3v) is 1.35. The molecule has 0 heterocycles. The molecule has 0 N–H and O–H groups in total. The van der Waals surface area contributed by atoms with Crippen molar-refractivity contribution in [3.05, 3.63) is 22.1 Å². The van der Waals surface area contributed by atoms with Gasteiger partial charge in [0.1, 0.15) is 0 Å². The summed E-state index contributed by atoms with van der Waals surface area (Å²) in [5.41, 5.74) is 0. The summed E-state index contributed by atoms with van der Waals surface area (Å²) in [6.07, 6.45) is 7.56. The maximum atomic E-state index is 2.16. The summed E-state index contributed by atoms with van der Waals surface area (Å²) in [4.78, 5) is 0. The summed E-state index contributed by atoms with van der Waals surface area (Å²) < 4.78 is 1.47. The normalized spacial score (nSPS) is 14.0. The molecule has 0 aromatic heterocycles. The summed E-state index contributed by atoms with van der Waals surface area (Å²) in [5, 5.41) is 0. The minimum atomic E-state index is 0. The molecule has 0 spiro atoms. The van der Waals surface area contributed by atoms with Gasteiger partial charge in [0.2, 0.25) is 0 Å². The fourth-order valence-electron chi connectivity index (χ4n) is 0.447. The van der Waals surface area contributed by atoms with Crippen LogP contribution in [0.3, 0.4) is 0 Å². The standard InChI is InChI=1S/C5H5.Al.Li.Ti.7H/c1-2-4-5-3-1;;;;;;;;;;/h1-3H,4H2;;;;;;;;;;/q;+3;+1;+3;7*-1. The van der Waals surface area contributed by atoms with E-state index in [4.69, 9.17) is 0 Å². The Hall–Kier alpha value is 1.32. The Bertz CT molecular complexity index is 124. The van der Waals surface area contributed by atoms with E-state index >= 15 is 0 Å². The van der Waals surface area contributed by atoms with E-state index in [1.807, 2.05) is 0 Å². The van der Waals surface area contributed by atoms with Gasteiger partial charge in [0.15, 0.2) is 0 Å². The molecule has 0 aliphatic heterocycles. The molecule has 8 heavy (non-hydrogen) atoms. The number of hydrogen-bond donors (Lipinski definition) is 0. The maximum absolute atomic E-state index is 2.16. The SMILES string of the molecule is [Al+3].[H-].[H-].[H-].[H-].[H-].[H-].[H-].[Li+].[Ti+3][C]1=CC=CC1. The Kier molecular flexibility index (Phi) is 9.70. The number of allylic oxidation sites excluding steroid dienone is 4. The van der Waals surface area contributed by atoms with Crippen molar-refractivity contribution in [3.63, 3.8) is 0 Å². The summed E-state index contributed by atoms with van der Waals surface area (Å²) in [5.74, 6) is 0. The van der Waals surface area contributed by atoms with Gasteiger partial charge in [-0.2, -0.15) is 0 Å². The van der Waals surface area contributed by atoms with E-state index in [1.54, 1.807) is 0 Å². The van der Waals surface area contributed by atoms with Crippen LogP contribution in [0.25, 0.3) is 0 Å². The molecule has 0 atom stereocenters. The van der Waals surface area contributed by atoms with Crippen LogP contribution in [0.2, 0.25) is 0 Å². The molecule has 0 amide bonds. The van der Waals surface area contributed by atoms with Gasteiger partial charge in [-0.25, -0.2) is 0 Å². The zero-order valence-electron chi connectivity index (χ0n) is 12.0. The molecule has 1 aliphatic carbocycles. The van der Waals surface area contributed by atoms with Crippen LogP contribution >= 0.6 is 0 Å². The van der Waals surface area contributed by atoms with Crippen molar-refractivity contribution in [2.75, 3.05) is 0 Å². The zero-order chi connectivity index (χ0) is 4.41. The predicted molar refractivity (Wildman–Crippen MR) is 35.4 cm³/mol. The van der Waals surface area contributed by atoms with Crippen LogP contribution in [0, 0.1) is 0 Å². The van der Waals surface area contributed by atoms with Crippen LogP contribution in [0.15, 0.2) is 22.1 Å². The van der Waals surface area contributed by atoms with E-state index in [0.29, 0.717) is 0 Å². The van der Waals surface area contributed by atoms with Crippen LogP contribution < -0.4 is 18.9 Å². The molecule has 0 saturated heterocycles. The van der Waals surface area contributed by atoms with Crippen molar-refractivity contribution in [3.8, 4) is 0 Å². The first-order valence-corrected chi connectivity index (χ1v) is 2.75. The van der Waals surface area contributed by atoms with Crippen molar-refractivity contribution in [2.45, 2.75) is 6.42 Å². The van der Waals surface area contributed by atoms with Crippen molar-refractivity contribution < 1.29 is 49.3 Å². The van der Waals surface area contributed by atoms with Gasteiger partial charge in [-0.1, -0.05) is 0 Å². The zero-order valence-corrected chi connectivity index (χ0v) is 7.73. The molecule has 0 aromatic carbocycles. The van der Waals surface area contributed by atoms with E-state index in [1.165, 1.54) is 10.3 Å². The quantitative estimate of drug-likeness (QED) is 0.384. The molecular formula is C5H12AlLiTi. The molecule has 0 fully saturated rings. The van der Waals surface area contributed by atoms with Gasteiger partial charge in [0, 0.05) is 0 Å². The molecule has 0 unspecified atom stereocenters. The summed E-state index contributed by atoms with van der Waals surface area (Å²) in [6.45, 7) is 0. The Morgan fingerprint density at radius 1 is 1.62 bits per heavy atom. The second-order valence-electron chi connectivity index (χ2n) is 1.32. The van der Waals surface area contributed by atoms with Gasteiger partial charge in [-0.3, -0.25) is 0 Å². The van der Waals surface area contributed by atoms with Crippen molar-refractivity contribution in [1.82, 2.24) is 0 Å². The Morgan fingerprint density at radius 3 is 2.38 bits per heavy atom. The molecule has 0 radical (unpaired) electrons. The molecule has 0 bridgehead atoms. The second-order valence-corrected chi connectivity index (χ2v) is 2.33. The monoisotopic (exact) mass is 154 g/mol. The third kappa shape index (κ3) is 4.23. The Labute approximate surface area is 94.9 Å². The fourth-order valence-corrected chi connectivity index (χ4v) is 0.782. The van der Waals surface area contributed by atoms with Crippen LogP contribution in [-0.4, -0.2) is 17.4 Å². The first-order chi connectivity index (χ1) is 2.89. The molecule has 40 valence electrons. The van der Waals surface area contributed by atoms with Gasteiger partial charge in [-0.05, 0) is 0 Å². The first kappa shape index (κ1) is 12.0. The topological polar surface area (TPSA) is 0 Å². The summed E-state index contributed by atoms with van der Waals surface area (Å²) >= 11 is 2.14. The van der Waals surface area contributed by atoms with E-state index in [9.17, 15) is 0 Å². The van der Waals surface area contributed by atoms with Crippen molar-refractivity contribution in [2.24, 2.45) is 0 Å². The number of hydrogen-bond acceptors (Lipinski definition) is 0. The van der Waals surface area contributed by atoms with E-state index in [0.717, 1.165) is 0 Å². The molecule has 0 saturated carbocycles. The third-order valence-electron chi connectivity index (χ3n) is 0.771. The van der Waals surface area contributed by atoms with Gasteiger partial charge in [0.25, 0.3) is 0 Å². The van der Waals surface area contributed by atoms with E-state index < -0.39 is 0 Å². The average Bonchev–Trinajstić information content (AvgIpc) is 1.86. The van der Waals surface area contributed by atoms with E-state index in [2.05, 4.69) is 38.7 Å². The summed E-state index contributed by atoms with van der Waals surface area (Å²) in [6, 6.07) is 0. The van der Waals surface area contributed by atoms with Crippen LogP contribution in [0.4, 0.5) is 0 Å². The first-order valence-electron chi connectivity index (χ1n) is 1.97. The van der Waals surface area contributed by atoms with Crippen LogP contribution in [0.1, 0.15) is 16.4 Å². The molecule has 0 aromatic rings. The minimum absolute atomic E-state index is 0. The molecular weight excluding hydrogens is 142 g/mol. The Balaban J connectivity index is -0.00000000571. The van der Waals surface area contributed by atoms with E-state index in [-0.39, 0.29) is 46.2 Å². The average molecular weight is 154 g/mol. The van der Waals surface area contributed by atoms with Gasteiger partial charge in [-0.15, -0.1) is 0 Å². The second kappa shape index (κ2) is 6.44. The van der Waals surface area contributed by atoms with Crippen molar-refractivity contribution >= 4 is 17.4 Å². The molecule has 0 nitrogen and oxygen atoms in total. The van der Waals surface area contributed by atoms with Gasteiger partial charge in [0.05, 0.1) is 0 Å². The molecule has 1 aliphatic rings. The van der Waals surface area contributed by atoms with Gasteiger partial charge >= 0.3 is 85.2 Å². The Morgan fingerprint density at radius 2 is 2.25 bits per heavy atom. The van der Waals surface area contributed by atoms with Crippen LogP contribution in [0.5, 0.6) is 0 Å². The summed E-state index contributed by atoms with van der Waals surface area (Å²) in [7, 11) is 0. The predicted octanol–water partition coefficient (Wildman–Crippen LogP) is -1.21.